The number of amides is 2. The lowest BCUT2D eigenvalue weighted by Crippen LogP contribution is -2.40. The molecule has 0 heterocycles. The first-order valence-corrected chi connectivity index (χ1v) is 6.44. The zero-order valence-corrected chi connectivity index (χ0v) is 12.1. The molecular weight excluding hydrogens is 268 g/mol. The number of anilines is 1. The highest BCUT2D eigenvalue weighted by Crippen LogP contribution is 2.27. The Bertz CT molecular complexity index is 440. The van der Waals surface area contributed by atoms with Gasteiger partial charge in [0.1, 0.15) is 5.75 Å². The summed E-state index contributed by atoms with van der Waals surface area (Å²) in [5.41, 5.74) is 0.579. The molecule has 2 N–H and O–H groups in total. The maximum atomic E-state index is 11.9. The predicted octanol–water partition coefficient (Wildman–Crippen LogP) is 2.58. The zero-order chi connectivity index (χ0) is 14.4. The van der Waals surface area contributed by atoms with E-state index in [0.717, 1.165) is 0 Å². The van der Waals surface area contributed by atoms with Crippen LogP contribution in [0.2, 0.25) is 5.02 Å². The van der Waals surface area contributed by atoms with Crippen molar-refractivity contribution in [3.05, 3.63) is 23.2 Å². The van der Waals surface area contributed by atoms with Gasteiger partial charge in [-0.3, -0.25) is 0 Å². The topological polar surface area (TPSA) is 61.8 Å². The first-order valence-electron chi connectivity index (χ1n) is 6.06. The minimum atomic E-state index is -0.304. The minimum absolute atomic E-state index is 0.0893. The molecule has 0 aliphatic rings. The summed E-state index contributed by atoms with van der Waals surface area (Å²) in [4.78, 5) is 13.3. The van der Waals surface area contributed by atoms with Gasteiger partial charge in [0.2, 0.25) is 0 Å². The Kier molecular flexibility index (Phi) is 5.92. The van der Waals surface area contributed by atoms with Gasteiger partial charge in [-0.2, -0.15) is 0 Å². The molecule has 5 nitrogen and oxygen atoms in total. The van der Waals surface area contributed by atoms with Gasteiger partial charge in [-0.1, -0.05) is 11.6 Å². The van der Waals surface area contributed by atoms with Gasteiger partial charge in [0.15, 0.2) is 0 Å². The largest absolute Gasteiger partial charge is 0.492 e. The molecule has 1 aromatic rings. The van der Waals surface area contributed by atoms with Gasteiger partial charge < -0.3 is 20.1 Å². The lowest BCUT2D eigenvalue weighted by Gasteiger charge is -2.23. The number of ether oxygens (including phenoxy) is 1. The molecule has 0 aliphatic heterocycles. The standard InChI is InChI=1S/C13H19ClN2O3/c1-4-19-12-6-5-10(7-11(12)14)15-13(18)16(3)9(2)8-17/h5-7,9,17H,4,8H2,1-3H3,(H,15,18). The molecule has 2 amide bonds. The van der Waals surface area contributed by atoms with Gasteiger partial charge in [0.25, 0.3) is 0 Å². The number of urea groups is 1. The smallest absolute Gasteiger partial charge is 0.321 e. The van der Waals surface area contributed by atoms with E-state index >= 15 is 0 Å². The highest BCUT2D eigenvalue weighted by Gasteiger charge is 2.15. The lowest BCUT2D eigenvalue weighted by molar-refractivity contribution is 0.166. The van der Waals surface area contributed by atoms with Gasteiger partial charge in [-0.15, -0.1) is 0 Å². The first-order chi connectivity index (χ1) is 8.99. The summed E-state index contributed by atoms with van der Waals surface area (Å²) in [6.07, 6.45) is 0. The molecule has 0 radical (unpaired) electrons. The van der Waals surface area contributed by atoms with Crippen LogP contribution in [0.5, 0.6) is 5.75 Å². The monoisotopic (exact) mass is 286 g/mol. The van der Waals surface area contributed by atoms with Crippen LogP contribution < -0.4 is 10.1 Å². The highest BCUT2D eigenvalue weighted by atomic mass is 35.5. The Balaban J connectivity index is 2.72. The third kappa shape index (κ3) is 4.29. The molecule has 0 aromatic heterocycles. The fraction of sp³-hybridized carbons (Fsp3) is 0.462. The summed E-state index contributed by atoms with van der Waals surface area (Å²) < 4.78 is 5.31. The van der Waals surface area contributed by atoms with Crippen LogP contribution in [0, 0.1) is 0 Å². The molecule has 106 valence electrons. The number of nitrogens with zero attached hydrogens (tertiary/aromatic N) is 1. The quantitative estimate of drug-likeness (QED) is 0.874. The second kappa shape index (κ2) is 7.21. The molecule has 0 fully saturated rings. The number of hydrogen-bond donors (Lipinski definition) is 2. The van der Waals surface area contributed by atoms with Crippen molar-refractivity contribution in [3.63, 3.8) is 0 Å². The normalized spacial score (nSPS) is 11.8. The molecule has 0 saturated carbocycles. The van der Waals surface area contributed by atoms with Crippen LogP contribution in [0.25, 0.3) is 0 Å². The SMILES string of the molecule is CCOc1ccc(NC(=O)N(C)C(C)CO)cc1Cl. The number of hydrogen-bond acceptors (Lipinski definition) is 3. The fourth-order valence-corrected chi connectivity index (χ4v) is 1.62. The summed E-state index contributed by atoms with van der Waals surface area (Å²) >= 11 is 6.03. The Morgan fingerprint density at radius 2 is 2.26 bits per heavy atom. The Hall–Kier alpha value is -1.46. The number of halogens is 1. The van der Waals surface area contributed by atoms with Crippen molar-refractivity contribution in [3.8, 4) is 5.75 Å². The number of aliphatic hydroxyl groups excluding tert-OH is 1. The molecule has 1 atom stereocenters. The molecule has 0 aliphatic carbocycles. The maximum Gasteiger partial charge on any atom is 0.321 e. The van der Waals surface area contributed by atoms with E-state index < -0.39 is 0 Å². The van der Waals surface area contributed by atoms with Crippen LogP contribution in [-0.2, 0) is 0 Å². The third-order valence-electron chi connectivity index (χ3n) is 2.73. The Labute approximate surface area is 118 Å². The van der Waals surface area contributed by atoms with Crippen molar-refractivity contribution in [2.75, 3.05) is 25.6 Å². The van der Waals surface area contributed by atoms with E-state index in [1.54, 1.807) is 32.2 Å². The van der Waals surface area contributed by atoms with Gasteiger partial charge in [0.05, 0.1) is 24.3 Å². The van der Waals surface area contributed by atoms with Crippen molar-refractivity contribution in [1.29, 1.82) is 0 Å². The van der Waals surface area contributed by atoms with Gasteiger partial charge in [-0.05, 0) is 32.0 Å². The van der Waals surface area contributed by atoms with Crippen LogP contribution in [0.3, 0.4) is 0 Å². The van der Waals surface area contributed by atoms with Crippen LogP contribution in [0.4, 0.5) is 10.5 Å². The maximum absolute atomic E-state index is 11.9. The van der Waals surface area contributed by atoms with Crippen LogP contribution in [0.1, 0.15) is 13.8 Å². The second-order valence-corrected chi connectivity index (χ2v) is 4.56. The van der Waals surface area contributed by atoms with Crippen molar-refractivity contribution in [2.45, 2.75) is 19.9 Å². The number of rotatable bonds is 5. The van der Waals surface area contributed by atoms with Crippen molar-refractivity contribution in [2.24, 2.45) is 0 Å². The van der Waals surface area contributed by atoms with E-state index in [1.807, 2.05) is 6.92 Å². The molecule has 0 saturated heterocycles. The molecule has 1 unspecified atom stereocenters. The van der Waals surface area contributed by atoms with Crippen LogP contribution in [0.15, 0.2) is 18.2 Å². The predicted molar refractivity (Wildman–Crippen MR) is 76.0 cm³/mol. The summed E-state index contributed by atoms with van der Waals surface area (Å²) in [7, 11) is 1.62. The molecule has 0 spiro atoms. The molecule has 0 bridgehead atoms. The Morgan fingerprint density at radius 1 is 1.58 bits per heavy atom. The average molecular weight is 287 g/mol. The van der Waals surface area contributed by atoms with E-state index in [1.165, 1.54) is 4.90 Å². The lowest BCUT2D eigenvalue weighted by atomic mass is 10.3. The second-order valence-electron chi connectivity index (χ2n) is 4.15. The summed E-state index contributed by atoms with van der Waals surface area (Å²) in [6, 6.07) is 4.49. The molecular formula is C13H19ClN2O3. The van der Waals surface area contributed by atoms with Crippen LogP contribution >= 0.6 is 11.6 Å². The average Bonchev–Trinajstić information content (AvgIpc) is 2.40. The van der Waals surface area contributed by atoms with Crippen LogP contribution in [-0.4, -0.2) is 42.3 Å². The number of aliphatic hydroxyl groups is 1. The summed E-state index contributed by atoms with van der Waals surface area (Å²) in [5.74, 6) is 0.583. The summed E-state index contributed by atoms with van der Waals surface area (Å²) in [5, 5.41) is 12.1. The number of carbonyl (C=O) groups is 1. The molecule has 1 aromatic carbocycles. The molecule has 19 heavy (non-hydrogen) atoms. The van der Waals surface area contributed by atoms with E-state index in [9.17, 15) is 4.79 Å². The van der Waals surface area contributed by atoms with Gasteiger partial charge in [-0.25, -0.2) is 4.79 Å². The number of benzene rings is 1. The van der Waals surface area contributed by atoms with E-state index in [4.69, 9.17) is 21.4 Å². The molecule has 1 rings (SSSR count). The zero-order valence-electron chi connectivity index (χ0n) is 11.3. The third-order valence-corrected chi connectivity index (χ3v) is 3.02. The van der Waals surface area contributed by atoms with Gasteiger partial charge >= 0.3 is 6.03 Å². The number of nitrogens with one attached hydrogen (secondary N) is 1. The minimum Gasteiger partial charge on any atom is -0.492 e. The number of carbonyl (C=O) groups excluding carboxylic acids is 1. The first kappa shape index (κ1) is 15.6. The highest BCUT2D eigenvalue weighted by molar-refractivity contribution is 6.32. The molecule has 6 heteroatoms. The van der Waals surface area contributed by atoms with Crippen molar-refractivity contribution < 1.29 is 14.6 Å². The number of likely N-dealkylation sites (N-methyl/N-ethyl adjacent to an activating group) is 1. The van der Waals surface area contributed by atoms with E-state index in [0.29, 0.717) is 23.1 Å². The fourth-order valence-electron chi connectivity index (χ4n) is 1.39. The van der Waals surface area contributed by atoms with Crippen molar-refractivity contribution in [1.82, 2.24) is 4.90 Å². The van der Waals surface area contributed by atoms with Gasteiger partial charge in [0, 0.05) is 12.7 Å². The Morgan fingerprint density at radius 3 is 2.79 bits per heavy atom. The van der Waals surface area contributed by atoms with E-state index in [2.05, 4.69) is 5.32 Å². The van der Waals surface area contributed by atoms with E-state index in [-0.39, 0.29) is 18.7 Å². The van der Waals surface area contributed by atoms with Crippen molar-refractivity contribution >= 4 is 23.3 Å². The summed E-state index contributed by atoms with van der Waals surface area (Å²) in [6.45, 7) is 4.07.